The number of carbonyl (C=O) groups excluding carboxylic acids is 1. The predicted octanol–water partition coefficient (Wildman–Crippen LogP) is 0.836. The van der Waals surface area contributed by atoms with Crippen molar-refractivity contribution in [3.63, 3.8) is 0 Å². The van der Waals surface area contributed by atoms with Gasteiger partial charge < -0.3 is 10.4 Å². The standard InChI is InChI=1S/C11H13N3O3S/c1-6-4-14-8(5-18-11(14)12-6)3-9(15)13-7(2)10(16)17/h4-5,7H,3H2,1-2H3,(H,13,15)(H,16,17)/t7-/m1/s1. The molecule has 0 spiro atoms. The largest absolute Gasteiger partial charge is 0.480 e. The molecule has 0 bridgehead atoms. The third-order valence-corrected chi connectivity index (χ3v) is 3.38. The Morgan fingerprint density at radius 3 is 3.00 bits per heavy atom. The lowest BCUT2D eigenvalue weighted by atomic mass is 10.3. The summed E-state index contributed by atoms with van der Waals surface area (Å²) in [5, 5.41) is 13.0. The maximum absolute atomic E-state index is 11.7. The van der Waals surface area contributed by atoms with Crippen LogP contribution in [0.1, 0.15) is 18.3 Å². The smallest absolute Gasteiger partial charge is 0.325 e. The predicted molar refractivity (Wildman–Crippen MR) is 66.8 cm³/mol. The molecule has 1 amide bonds. The molecule has 0 saturated carbocycles. The van der Waals surface area contributed by atoms with Crippen molar-refractivity contribution in [1.29, 1.82) is 0 Å². The third-order valence-electron chi connectivity index (χ3n) is 2.49. The number of carboxylic acids is 1. The number of carbonyl (C=O) groups is 2. The first-order valence-electron chi connectivity index (χ1n) is 5.41. The monoisotopic (exact) mass is 267 g/mol. The summed E-state index contributed by atoms with van der Waals surface area (Å²) >= 11 is 1.46. The van der Waals surface area contributed by atoms with E-state index in [-0.39, 0.29) is 12.3 Å². The maximum atomic E-state index is 11.7. The zero-order valence-corrected chi connectivity index (χ0v) is 10.8. The summed E-state index contributed by atoms with van der Waals surface area (Å²) in [5.41, 5.74) is 1.70. The second-order valence-electron chi connectivity index (χ2n) is 4.07. The molecule has 0 radical (unpaired) electrons. The average Bonchev–Trinajstić information content (AvgIpc) is 2.79. The van der Waals surface area contributed by atoms with E-state index < -0.39 is 12.0 Å². The van der Waals surface area contributed by atoms with E-state index >= 15 is 0 Å². The lowest BCUT2D eigenvalue weighted by Crippen LogP contribution is -2.39. The third kappa shape index (κ3) is 2.51. The van der Waals surface area contributed by atoms with Crippen molar-refractivity contribution >= 4 is 28.2 Å². The molecule has 7 heteroatoms. The van der Waals surface area contributed by atoms with Crippen LogP contribution >= 0.6 is 11.3 Å². The molecule has 0 aliphatic heterocycles. The first-order valence-corrected chi connectivity index (χ1v) is 6.29. The number of aliphatic carboxylic acids is 1. The van der Waals surface area contributed by atoms with Gasteiger partial charge in [-0.1, -0.05) is 0 Å². The Morgan fingerprint density at radius 2 is 2.33 bits per heavy atom. The molecule has 96 valence electrons. The van der Waals surface area contributed by atoms with Gasteiger partial charge in [0, 0.05) is 17.3 Å². The first kappa shape index (κ1) is 12.6. The Morgan fingerprint density at radius 1 is 1.61 bits per heavy atom. The SMILES string of the molecule is Cc1cn2c(CC(=O)N[C@H](C)C(=O)O)csc2n1. The van der Waals surface area contributed by atoms with Crippen LogP contribution in [0.3, 0.4) is 0 Å². The number of nitrogens with one attached hydrogen (secondary N) is 1. The van der Waals surface area contributed by atoms with Crippen molar-refractivity contribution in [2.24, 2.45) is 0 Å². The lowest BCUT2D eigenvalue weighted by molar-refractivity contribution is -0.141. The van der Waals surface area contributed by atoms with Crippen LogP contribution in [0, 0.1) is 6.92 Å². The van der Waals surface area contributed by atoms with E-state index in [1.807, 2.05) is 22.9 Å². The van der Waals surface area contributed by atoms with E-state index in [4.69, 9.17) is 5.11 Å². The van der Waals surface area contributed by atoms with Crippen molar-refractivity contribution in [3.05, 3.63) is 23.0 Å². The molecule has 1 atom stereocenters. The number of imidazole rings is 1. The lowest BCUT2D eigenvalue weighted by Gasteiger charge is -2.08. The van der Waals surface area contributed by atoms with Gasteiger partial charge in [-0.2, -0.15) is 0 Å². The fourth-order valence-electron chi connectivity index (χ4n) is 1.59. The fraction of sp³-hybridized carbons (Fsp3) is 0.364. The van der Waals surface area contributed by atoms with Crippen LogP contribution in [0.4, 0.5) is 0 Å². The van der Waals surface area contributed by atoms with Gasteiger partial charge in [0.15, 0.2) is 4.96 Å². The molecule has 0 aromatic carbocycles. The second kappa shape index (κ2) is 4.77. The molecule has 18 heavy (non-hydrogen) atoms. The highest BCUT2D eigenvalue weighted by molar-refractivity contribution is 7.15. The van der Waals surface area contributed by atoms with Gasteiger partial charge >= 0.3 is 5.97 Å². The normalized spacial score (nSPS) is 12.6. The molecule has 0 unspecified atom stereocenters. The molecular weight excluding hydrogens is 254 g/mol. The summed E-state index contributed by atoms with van der Waals surface area (Å²) in [4.78, 5) is 27.4. The van der Waals surface area contributed by atoms with Crippen molar-refractivity contribution in [2.75, 3.05) is 0 Å². The molecule has 2 N–H and O–H groups in total. The second-order valence-corrected chi connectivity index (χ2v) is 4.90. The summed E-state index contributed by atoms with van der Waals surface area (Å²) < 4.78 is 1.85. The van der Waals surface area contributed by atoms with Crippen molar-refractivity contribution < 1.29 is 14.7 Å². The summed E-state index contributed by atoms with van der Waals surface area (Å²) in [7, 11) is 0. The Hall–Kier alpha value is -1.89. The molecule has 2 heterocycles. The Labute approximate surface area is 107 Å². The van der Waals surface area contributed by atoms with Gasteiger partial charge in [0.2, 0.25) is 5.91 Å². The molecule has 0 fully saturated rings. The van der Waals surface area contributed by atoms with Crippen LogP contribution < -0.4 is 5.32 Å². The zero-order valence-electron chi connectivity index (χ0n) is 10.0. The summed E-state index contributed by atoms with van der Waals surface area (Å²) in [6, 6.07) is -0.879. The Balaban J connectivity index is 2.09. The number of fused-ring (bicyclic) bond motifs is 1. The minimum Gasteiger partial charge on any atom is -0.480 e. The van der Waals surface area contributed by atoms with E-state index in [1.165, 1.54) is 18.3 Å². The van der Waals surface area contributed by atoms with Crippen LogP contribution in [0.25, 0.3) is 4.96 Å². The van der Waals surface area contributed by atoms with Crippen LogP contribution in [-0.4, -0.2) is 32.4 Å². The number of nitrogens with zero attached hydrogens (tertiary/aromatic N) is 2. The van der Waals surface area contributed by atoms with Crippen LogP contribution in [-0.2, 0) is 16.0 Å². The van der Waals surface area contributed by atoms with Gasteiger partial charge in [0.25, 0.3) is 0 Å². The topological polar surface area (TPSA) is 83.7 Å². The summed E-state index contributed by atoms with van der Waals surface area (Å²) in [6.07, 6.45) is 2.00. The minimum atomic E-state index is -1.04. The number of thiazole rings is 1. The molecule has 0 aliphatic carbocycles. The molecule has 6 nitrogen and oxygen atoms in total. The Kier molecular flexibility index (Phi) is 3.33. The average molecular weight is 267 g/mol. The summed E-state index contributed by atoms with van der Waals surface area (Å²) in [5.74, 6) is -1.35. The van der Waals surface area contributed by atoms with E-state index in [0.29, 0.717) is 0 Å². The number of aromatic nitrogens is 2. The van der Waals surface area contributed by atoms with Gasteiger partial charge in [-0.15, -0.1) is 11.3 Å². The first-order chi connectivity index (χ1) is 8.47. The van der Waals surface area contributed by atoms with Gasteiger partial charge in [-0.25, -0.2) is 4.98 Å². The van der Waals surface area contributed by atoms with E-state index in [2.05, 4.69) is 10.3 Å². The van der Waals surface area contributed by atoms with Crippen molar-refractivity contribution in [2.45, 2.75) is 26.3 Å². The highest BCUT2D eigenvalue weighted by atomic mass is 32.1. The molecule has 0 saturated heterocycles. The number of aryl methyl sites for hydroxylation is 1. The van der Waals surface area contributed by atoms with Crippen LogP contribution in [0.5, 0.6) is 0 Å². The van der Waals surface area contributed by atoms with Gasteiger partial charge in [-0.05, 0) is 13.8 Å². The zero-order chi connectivity index (χ0) is 13.3. The number of hydrogen-bond acceptors (Lipinski definition) is 4. The van der Waals surface area contributed by atoms with Crippen molar-refractivity contribution in [3.8, 4) is 0 Å². The van der Waals surface area contributed by atoms with Crippen LogP contribution in [0.2, 0.25) is 0 Å². The van der Waals surface area contributed by atoms with E-state index in [9.17, 15) is 9.59 Å². The fourth-order valence-corrected chi connectivity index (χ4v) is 2.51. The molecule has 2 aromatic heterocycles. The number of hydrogen-bond donors (Lipinski definition) is 2. The van der Waals surface area contributed by atoms with Gasteiger partial charge in [-0.3, -0.25) is 14.0 Å². The molecule has 2 rings (SSSR count). The molecular formula is C11H13N3O3S. The molecule has 2 aromatic rings. The van der Waals surface area contributed by atoms with E-state index in [1.54, 1.807) is 0 Å². The van der Waals surface area contributed by atoms with Gasteiger partial charge in [0.1, 0.15) is 6.04 Å². The number of amides is 1. The quantitative estimate of drug-likeness (QED) is 0.859. The summed E-state index contributed by atoms with van der Waals surface area (Å²) in [6.45, 7) is 3.32. The van der Waals surface area contributed by atoms with Crippen LogP contribution in [0.15, 0.2) is 11.6 Å². The van der Waals surface area contributed by atoms with E-state index in [0.717, 1.165) is 16.3 Å². The number of carboxylic acid groups (broad SMARTS) is 1. The van der Waals surface area contributed by atoms with Crippen molar-refractivity contribution in [1.82, 2.24) is 14.7 Å². The minimum absolute atomic E-state index is 0.146. The molecule has 0 aliphatic rings. The maximum Gasteiger partial charge on any atom is 0.325 e. The van der Waals surface area contributed by atoms with Gasteiger partial charge in [0.05, 0.1) is 12.1 Å². The highest BCUT2D eigenvalue weighted by Crippen LogP contribution is 2.16. The number of rotatable bonds is 4. The highest BCUT2D eigenvalue weighted by Gasteiger charge is 2.16. The Bertz CT molecular complexity index is 602.